The summed E-state index contributed by atoms with van der Waals surface area (Å²) in [6, 6.07) is 11.4. The maximum atomic E-state index is 12.5. The minimum absolute atomic E-state index is 0.108. The quantitative estimate of drug-likeness (QED) is 0.770. The normalized spacial score (nSPS) is 11.5. The number of nitrogens with zero attached hydrogens (tertiary/aromatic N) is 2. The smallest absolute Gasteiger partial charge is 0.333 e. The molecular weight excluding hydrogens is 321 g/mol. The molecule has 0 spiro atoms. The molecule has 0 atom stereocenters. The number of aromatic nitrogens is 2. The van der Waals surface area contributed by atoms with Gasteiger partial charge in [0.15, 0.2) is 0 Å². The summed E-state index contributed by atoms with van der Waals surface area (Å²) in [4.78, 5) is 16.0. The number of urea groups is 1. The van der Waals surface area contributed by atoms with Gasteiger partial charge in [0.1, 0.15) is 6.33 Å². The molecule has 2 aromatic carbocycles. The van der Waals surface area contributed by atoms with Gasteiger partial charge in [-0.05, 0) is 29.8 Å². The summed E-state index contributed by atoms with van der Waals surface area (Å²) >= 11 is 0. The SMILES string of the molecule is O=C(NCc1ccc(C(F)(F)F)cc1)Nn1cnc2ccccc21. The molecule has 2 N–H and O–H groups in total. The number of imidazole rings is 1. The highest BCUT2D eigenvalue weighted by Gasteiger charge is 2.29. The van der Waals surface area contributed by atoms with Crippen LogP contribution in [-0.2, 0) is 12.7 Å². The highest BCUT2D eigenvalue weighted by atomic mass is 19.4. The summed E-state index contributed by atoms with van der Waals surface area (Å²) in [5, 5.41) is 2.58. The van der Waals surface area contributed by atoms with Crippen LogP contribution in [0.3, 0.4) is 0 Å². The zero-order chi connectivity index (χ0) is 17.2. The minimum Gasteiger partial charge on any atom is -0.333 e. The fourth-order valence-electron chi connectivity index (χ4n) is 2.19. The molecule has 3 rings (SSSR count). The van der Waals surface area contributed by atoms with E-state index >= 15 is 0 Å². The number of halogens is 3. The van der Waals surface area contributed by atoms with Gasteiger partial charge in [-0.25, -0.2) is 19.9 Å². The van der Waals surface area contributed by atoms with Gasteiger partial charge in [0.2, 0.25) is 0 Å². The molecule has 8 heteroatoms. The lowest BCUT2D eigenvalue weighted by Gasteiger charge is -2.10. The summed E-state index contributed by atoms with van der Waals surface area (Å²) in [5.41, 5.74) is 3.91. The van der Waals surface area contributed by atoms with E-state index in [1.807, 2.05) is 18.2 Å². The Morgan fingerprint density at radius 1 is 1.08 bits per heavy atom. The van der Waals surface area contributed by atoms with Crippen molar-refractivity contribution in [3.05, 3.63) is 66.0 Å². The first-order chi connectivity index (χ1) is 11.4. The van der Waals surface area contributed by atoms with Crippen LogP contribution in [0.1, 0.15) is 11.1 Å². The second kappa shape index (κ2) is 6.23. The van der Waals surface area contributed by atoms with Crippen LogP contribution in [0.5, 0.6) is 0 Å². The van der Waals surface area contributed by atoms with Crippen molar-refractivity contribution in [2.24, 2.45) is 0 Å². The molecule has 0 bridgehead atoms. The molecule has 24 heavy (non-hydrogen) atoms. The van der Waals surface area contributed by atoms with Crippen LogP contribution in [0.15, 0.2) is 54.9 Å². The zero-order valence-corrected chi connectivity index (χ0v) is 12.3. The average molecular weight is 334 g/mol. The van der Waals surface area contributed by atoms with Gasteiger partial charge in [-0.15, -0.1) is 0 Å². The summed E-state index contributed by atoms with van der Waals surface area (Å²) < 4.78 is 38.9. The second-order valence-electron chi connectivity index (χ2n) is 5.09. The third-order valence-corrected chi connectivity index (χ3v) is 3.41. The highest BCUT2D eigenvalue weighted by molar-refractivity contribution is 5.85. The second-order valence-corrected chi connectivity index (χ2v) is 5.09. The Morgan fingerprint density at radius 2 is 1.79 bits per heavy atom. The molecule has 1 aromatic heterocycles. The van der Waals surface area contributed by atoms with Gasteiger partial charge in [-0.2, -0.15) is 13.2 Å². The zero-order valence-electron chi connectivity index (χ0n) is 12.3. The molecule has 0 aliphatic rings. The Balaban J connectivity index is 1.59. The van der Waals surface area contributed by atoms with Crippen molar-refractivity contribution in [3.63, 3.8) is 0 Å². The molecule has 0 saturated carbocycles. The van der Waals surface area contributed by atoms with Gasteiger partial charge < -0.3 is 5.32 Å². The first kappa shape index (κ1) is 15.9. The fraction of sp³-hybridized carbons (Fsp3) is 0.125. The monoisotopic (exact) mass is 334 g/mol. The lowest BCUT2D eigenvalue weighted by atomic mass is 10.1. The number of nitrogens with one attached hydrogen (secondary N) is 2. The first-order valence-corrected chi connectivity index (χ1v) is 7.06. The molecule has 5 nitrogen and oxygen atoms in total. The Labute approximate surface area is 135 Å². The number of amides is 2. The van der Waals surface area contributed by atoms with Gasteiger partial charge >= 0.3 is 12.2 Å². The van der Waals surface area contributed by atoms with Crippen molar-refractivity contribution >= 4 is 17.1 Å². The topological polar surface area (TPSA) is 59.0 Å². The third-order valence-electron chi connectivity index (χ3n) is 3.41. The predicted molar refractivity (Wildman–Crippen MR) is 82.8 cm³/mol. The van der Waals surface area contributed by atoms with Crippen LogP contribution in [-0.4, -0.2) is 15.7 Å². The van der Waals surface area contributed by atoms with Crippen molar-refractivity contribution in [2.45, 2.75) is 12.7 Å². The molecular formula is C16H13F3N4O. The number of para-hydroxylation sites is 2. The number of fused-ring (bicyclic) bond motifs is 1. The van der Waals surface area contributed by atoms with Crippen LogP contribution in [0.2, 0.25) is 0 Å². The van der Waals surface area contributed by atoms with Crippen LogP contribution in [0, 0.1) is 0 Å². The molecule has 3 aromatic rings. The van der Waals surface area contributed by atoms with Crippen molar-refractivity contribution in [3.8, 4) is 0 Å². The molecule has 124 valence electrons. The number of alkyl halides is 3. The lowest BCUT2D eigenvalue weighted by molar-refractivity contribution is -0.137. The number of carbonyl (C=O) groups is 1. The number of rotatable bonds is 3. The van der Waals surface area contributed by atoms with Gasteiger partial charge in [-0.1, -0.05) is 24.3 Å². The van der Waals surface area contributed by atoms with Crippen LogP contribution >= 0.6 is 0 Å². The highest BCUT2D eigenvalue weighted by Crippen LogP contribution is 2.29. The van der Waals surface area contributed by atoms with E-state index in [0.717, 1.165) is 23.2 Å². The van der Waals surface area contributed by atoms with E-state index in [-0.39, 0.29) is 6.54 Å². The number of hydrogen-bond acceptors (Lipinski definition) is 2. The van der Waals surface area contributed by atoms with Gasteiger partial charge in [0, 0.05) is 6.54 Å². The van der Waals surface area contributed by atoms with Crippen molar-refractivity contribution in [1.29, 1.82) is 0 Å². The van der Waals surface area contributed by atoms with E-state index < -0.39 is 17.8 Å². The van der Waals surface area contributed by atoms with E-state index in [9.17, 15) is 18.0 Å². The average Bonchev–Trinajstić information content (AvgIpc) is 2.96. The van der Waals surface area contributed by atoms with Crippen molar-refractivity contribution < 1.29 is 18.0 Å². The summed E-state index contributed by atoms with van der Waals surface area (Å²) in [7, 11) is 0. The molecule has 0 radical (unpaired) electrons. The van der Waals surface area contributed by atoms with Crippen molar-refractivity contribution in [1.82, 2.24) is 15.0 Å². The maximum absolute atomic E-state index is 12.5. The molecule has 2 amide bonds. The molecule has 0 saturated heterocycles. The number of benzene rings is 2. The lowest BCUT2D eigenvalue weighted by Crippen LogP contribution is -2.33. The third kappa shape index (κ3) is 3.48. The van der Waals surface area contributed by atoms with Gasteiger partial charge in [-0.3, -0.25) is 0 Å². The first-order valence-electron chi connectivity index (χ1n) is 7.06. The van der Waals surface area contributed by atoms with Crippen LogP contribution < -0.4 is 10.7 Å². The van der Waals surface area contributed by atoms with Crippen LogP contribution in [0.25, 0.3) is 11.0 Å². The Kier molecular flexibility index (Phi) is 4.11. The van der Waals surface area contributed by atoms with E-state index in [0.29, 0.717) is 5.56 Å². The van der Waals surface area contributed by atoms with E-state index in [4.69, 9.17) is 0 Å². The number of carbonyl (C=O) groups excluding carboxylic acids is 1. The molecule has 0 aliphatic heterocycles. The van der Waals surface area contributed by atoms with E-state index in [2.05, 4.69) is 15.7 Å². The molecule has 0 aliphatic carbocycles. The minimum atomic E-state index is -4.37. The number of hydrogen-bond donors (Lipinski definition) is 2. The standard InChI is InChI=1S/C16H13F3N4O/c17-16(18,19)12-7-5-11(6-8-12)9-20-15(24)22-23-10-21-13-3-1-2-4-14(13)23/h1-8,10H,9H2,(H2,20,22,24). The van der Waals surface area contributed by atoms with Crippen molar-refractivity contribution in [2.75, 3.05) is 5.43 Å². The molecule has 0 unspecified atom stereocenters. The fourth-order valence-corrected chi connectivity index (χ4v) is 2.19. The summed E-state index contributed by atoms with van der Waals surface area (Å²) in [6.07, 6.45) is -2.89. The molecule has 1 heterocycles. The van der Waals surface area contributed by atoms with Gasteiger partial charge in [0.05, 0.1) is 16.6 Å². The summed E-state index contributed by atoms with van der Waals surface area (Å²) in [5.74, 6) is 0. The predicted octanol–water partition coefficient (Wildman–Crippen LogP) is 3.51. The van der Waals surface area contributed by atoms with E-state index in [1.54, 1.807) is 6.07 Å². The summed E-state index contributed by atoms with van der Waals surface area (Å²) in [6.45, 7) is 0.108. The largest absolute Gasteiger partial charge is 0.416 e. The van der Waals surface area contributed by atoms with E-state index in [1.165, 1.54) is 23.1 Å². The Bertz CT molecular complexity index is 856. The molecule has 0 fully saturated rings. The Morgan fingerprint density at radius 3 is 2.50 bits per heavy atom. The maximum Gasteiger partial charge on any atom is 0.416 e. The van der Waals surface area contributed by atoms with Gasteiger partial charge in [0.25, 0.3) is 0 Å². The Hall–Kier alpha value is -3.03. The van der Waals surface area contributed by atoms with Crippen LogP contribution in [0.4, 0.5) is 18.0 Å².